The van der Waals surface area contributed by atoms with Gasteiger partial charge in [0.25, 0.3) is 0 Å². The zero-order valence-corrected chi connectivity index (χ0v) is 7.05. The molecule has 0 aliphatic rings. The molecule has 1 aromatic heterocycles. The van der Waals surface area contributed by atoms with Crippen LogP contribution in [-0.2, 0) is 12.5 Å². The summed E-state index contributed by atoms with van der Waals surface area (Å²) in [6, 6.07) is 0. The van der Waals surface area contributed by atoms with Gasteiger partial charge in [0.05, 0.1) is 6.20 Å². The van der Waals surface area contributed by atoms with Gasteiger partial charge in [0, 0.05) is 13.2 Å². The average Bonchev–Trinajstić information content (AvgIpc) is 2.11. The minimum absolute atomic E-state index is 0.230. The first-order chi connectivity index (χ1) is 4.50. The van der Waals surface area contributed by atoms with Crippen LogP contribution in [0.15, 0.2) is 12.4 Å². The van der Waals surface area contributed by atoms with Crippen LogP contribution in [0.4, 0.5) is 0 Å². The van der Waals surface area contributed by atoms with E-state index in [1.165, 1.54) is 5.56 Å². The molecule has 0 N–H and O–H groups in total. The molecular formula is C8H14N2. The zero-order valence-electron chi connectivity index (χ0n) is 7.05. The summed E-state index contributed by atoms with van der Waals surface area (Å²) in [4.78, 5) is 0. The molecule has 1 heterocycles. The van der Waals surface area contributed by atoms with Crippen LogP contribution < -0.4 is 0 Å². The number of hydrogen-bond acceptors (Lipinski definition) is 1. The maximum atomic E-state index is 4.10. The fourth-order valence-corrected chi connectivity index (χ4v) is 0.809. The molecule has 0 aliphatic carbocycles. The summed E-state index contributed by atoms with van der Waals surface area (Å²) in [6.45, 7) is 6.55. The van der Waals surface area contributed by atoms with Crippen molar-refractivity contribution in [2.45, 2.75) is 26.2 Å². The van der Waals surface area contributed by atoms with Crippen molar-refractivity contribution in [3.63, 3.8) is 0 Å². The number of nitrogens with zero attached hydrogens (tertiary/aromatic N) is 2. The average molecular weight is 138 g/mol. The Morgan fingerprint density at radius 1 is 1.40 bits per heavy atom. The van der Waals surface area contributed by atoms with Crippen LogP contribution in [0.1, 0.15) is 26.3 Å². The summed E-state index contributed by atoms with van der Waals surface area (Å²) in [5.74, 6) is 0. The van der Waals surface area contributed by atoms with Crippen LogP contribution in [0.5, 0.6) is 0 Å². The van der Waals surface area contributed by atoms with E-state index in [4.69, 9.17) is 0 Å². The van der Waals surface area contributed by atoms with Crippen molar-refractivity contribution >= 4 is 0 Å². The van der Waals surface area contributed by atoms with Crippen molar-refractivity contribution in [2.75, 3.05) is 0 Å². The third kappa shape index (κ3) is 1.38. The molecule has 0 bridgehead atoms. The van der Waals surface area contributed by atoms with E-state index < -0.39 is 0 Å². The molecule has 0 unspecified atom stereocenters. The first-order valence-corrected chi connectivity index (χ1v) is 3.49. The highest BCUT2D eigenvalue weighted by Crippen LogP contribution is 2.20. The molecule has 2 heteroatoms. The lowest BCUT2D eigenvalue weighted by molar-refractivity contribution is 0.589. The summed E-state index contributed by atoms with van der Waals surface area (Å²) >= 11 is 0. The van der Waals surface area contributed by atoms with Gasteiger partial charge in [-0.2, -0.15) is 5.10 Å². The summed E-state index contributed by atoms with van der Waals surface area (Å²) in [7, 11) is 1.94. The number of rotatable bonds is 0. The molecule has 0 amide bonds. The van der Waals surface area contributed by atoms with E-state index in [-0.39, 0.29) is 5.41 Å². The van der Waals surface area contributed by atoms with Gasteiger partial charge in [0.1, 0.15) is 0 Å². The van der Waals surface area contributed by atoms with Gasteiger partial charge in [-0.25, -0.2) is 0 Å². The largest absolute Gasteiger partial charge is 0.276 e. The zero-order chi connectivity index (χ0) is 7.78. The summed E-state index contributed by atoms with van der Waals surface area (Å²) in [5.41, 5.74) is 1.52. The van der Waals surface area contributed by atoms with Crippen molar-refractivity contribution in [1.29, 1.82) is 0 Å². The Hall–Kier alpha value is -0.790. The fraction of sp³-hybridized carbons (Fsp3) is 0.625. The molecule has 1 aromatic rings. The topological polar surface area (TPSA) is 17.8 Å². The molecule has 0 atom stereocenters. The molecule has 56 valence electrons. The van der Waals surface area contributed by atoms with Crippen molar-refractivity contribution in [1.82, 2.24) is 9.78 Å². The smallest absolute Gasteiger partial charge is 0.0526 e. The SMILES string of the molecule is Cn1cc(C(C)(C)C)cn1. The van der Waals surface area contributed by atoms with Gasteiger partial charge in [-0.3, -0.25) is 4.68 Å². The van der Waals surface area contributed by atoms with Crippen molar-refractivity contribution < 1.29 is 0 Å². The first kappa shape index (κ1) is 7.32. The van der Waals surface area contributed by atoms with Gasteiger partial charge in [-0.1, -0.05) is 20.8 Å². The Labute approximate surface area is 61.9 Å². The number of aryl methyl sites for hydroxylation is 1. The lowest BCUT2D eigenvalue weighted by atomic mass is 9.90. The summed E-state index contributed by atoms with van der Waals surface area (Å²) in [6.07, 6.45) is 3.97. The fourth-order valence-electron chi connectivity index (χ4n) is 0.809. The molecule has 0 saturated heterocycles. The van der Waals surface area contributed by atoms with E-state index in [9.17, 15) is 0 Å². The Balaban J connectivity index is 2.96. The van der Waals surface area contributed by atoms with Gasteiger partial charge < -0.3 is 0 Å². The minimum Gasteiger partial charge on any atom is -0.276 e. The van der Waals surface area contributed by atoms with Gasteiger partial charge in [-0.05, 0) is 11.0 Å². The van der Waals surface area contributed by atoms with Gasteiger partial charge >= 0.3 is 0 Å². The summed E-state index contributed by atoms with van der Waals surface area (Å²) in [5, 5.41) is 4.10. The van der Waals surface area contributed by atoms with E-state index >= 15 is 0 Å². The van der Waals surface area contributed by atoms with Gasteiger partial charge in [0.15, 0.2) is 0 Å². The predicted octanol–water partition coefficient (Wildman–Crippen LogP) is 1.72. The van der Waals surface area contributed by atoms with Crippen molar-refractivity contribution in [3.05, 3.63) is 18.0 Å². The second-order valence-electron chi connectivity index (χ2n) is 3.65. The molecule has 0 fully saturated rings. The molecule has 10 heavy (non-hydrogen) atoms. The monoisotopic (exact) mass is 138 g/mol. The quantitative estimate of drug-likeness (QED) is 0.533. The molecule has 0 saturated carbocycles. The molecule has 0 radical (unpaired) electrons. The predicted molar refractivity (Wildman–Crippen MR) is 41.9 cm³/mol. The van der Waals surface area contributed by atoms with E-state index in [0.717, 1.165) is 0 Å². The lowest BCUT2D eigenvalue weighted by Crippen LogP contribution is -2.09. The first-order valence-electron chi connectivity index (χ1n) is 3.49. The third-order valence-electron chi connectivity index (χ3n) is 1.57. The molecule has 0 aromatic carbocycles. The molecular weight excluding hydrogens is 124 g/mol. The standard InChI is InChI=1S/C8H14N2/c1-8(2,3)7-5-9-10(4)6-7/h5-6H,1-4H3. The second-order valence-corrected chi connectivity index (χ2v) is 3.65. The highest BCUT2D eigenvalue weighted by Gasteiger charge is 2.14. The van der Waals surface area contributed by atoms with Crippen LogP contribution in [0.2, 0.25) is 0 Å². The molecule has 0 spiro atoms. The maximum absolute atomic E-state index is 4.10. The summed E-state index contributed by atoms with van der Waals surface area (Å²) < 4.78 is 1.83. The molecule has 0 aliphatic heterocycles. The highest BCUT2D eigenvalue weighted by molar-refractivity contribution is 5.14. The Kier molecular flexibility index (Phi) is 1.55. The third-order valence-corrected chi connectivity index (χ3v) is 1.57. The van der Waals surface area contributed by atoms with Crippen LogP contribution in [0.3, 0.4) is 0 Å². The second kappa shape index (κ2) is 2.11. The maximum Gasteiger partial charge on any atom is 0.0526 e. The normalized spacial score (nSPS) is 12.0. The van der Waals surface area contributed by atoms with E-state index in [1.54, 1.807) is 0 Å². The Morgan fingerprint density at radius 2 is 2.00 bits per heavy atom. The van der Waals surface area contributed by atoms with E-state index in [2.05, 4.69) is 32.1 Å². The van der Waals surface area contributed by atoms with E-state index in [1.807, 2.05) is 17.9 Å². The van der Waals surface area contributed by atoms with Crippen LogP contribution in [0, 0.1) is 0 Å². The van der Waals surface area contributed by atoms with Gasteiger partial charge in [0.2, 0.25) is 0 Å². The van der Waals surface area contributed by atoms with Crippen LogP contribution in [-0.4, -0.2) is 9.78 Å². The van der Waals surface area contributed by atoms with Crippen LogP contribution >= 0.6 is 0 Å². The Bertz CT molecular complexity index is 217. The number of hydrogen-bond donors (Lipinski definition) is 0. The van der Waals surface area contributed by atoms with Gasteiger partial charge in [-0.15, -0.1) is 0 Å². The molecule has 1 rings (SSSR count). The minimum atomic E-state index is 0.230. The number of aromatic nitrogens is 2. The highest BCUT2D eigenvalue weighted by atomic mass is 15.2. The lowest BCUT2D eigenvalue weighted by Gasteiger charge is -2.14. The Morgan fingerprint density at radius 3 is 2.20 bits per heavy atom. The van der Waals surface area contributed by atoms with Crippen LogP contribution in [0.25, 0.3) is 0 Å². The van der Waals surface area contributed by atoms with Crippen molar-refractivity contribution in [3.8, 4) is 0 Å². The van der Waals surface area contributed by atoms with Crippen molar-refractivity contribution in [2.24, 2.45) is 7.05 Å². The molecule has 2 nitrogen and oxygen atoms in total. The van der Waals surface area contributed by atoms with E-state index in [0.29, 0.717) is 0 Å².